The van der Waals surface area contributed by atoms with E-state index in [1.165, 1.54) is 18.2 Å². The van der Waals surface area contributed by atoms with Crippen LogP contribution in [0.1, 0.15) is 21.5 Å². The monoisotopic (exact) mass is 285 g/mol. The summed E-state index contributed by atoms with van der Waals surface area (Å²) in [7, 11) is 0. The standard InChI is InChI=1S/C16H12FNO3/c1-9-6-11(17)3-4-12(9)16(20)10-2-5-14-13(7-10)18-15(19)8-21-14/h2-7H,8H2,1H3,(H,18,19). The topological polar surface area (TPSA) is 55.4 Å². The van der Waals surface area contributed by atoms with Crippen LogP contribution in [0.25, 0.3) is 0 Å². The van der Waals surface area contributed by atoms with Crippen LogP contribution in [0.3, 0.4) is 0 Å². The van der Waals surface area contributed by atoms with E-state index in [-0.39, 0.29) is 24.1 Å². The Balaban J connectivity index is 1.98. The molecule has 0 fully saturated rings. The zero-order chi connectivity index (χ0) is 15.0. The lowest BCUT2D eigenvalue weighted by molar-refractivity contribution is -0.118. The van der Waals surface area contributed by atoms with Gasteiger partial charge in [-0.2, -0.15) is 0 Å². The molecule has 1 aliphatic heterocycles. The maximum atomic E-state index is 13.1. The number of fused-ring (bicyclic) bond motifs is 1. The van der Waals surface area contributed by atoms with Crippen LogP contribution >= 0.6 is 0 Å². The number of benzene rings is 2. The molecular formula is C16H12FNO3. The number of ketones is 1. The van der Waals surface area contributed by atoms with E-state index in [1.54, 1.807) is 25.1 Å². The van der Waals surface area contributed by atoms with Gasteiger partial charge >= 0.3 is 0 Å². The molecule has 0 atom stereocenters. The van der Waals surface area contributed by atoms with Crippen molar-refractivity contribution < 1.29 is 18.7 Å². The quantitative estimate of drug-likeness (QED) is 0.863. The third kappa shape index (κ3) is 2.50. The number of carbonyl (C=O) groups excluding carboxylic acids is 2. The average Bonchev–Trinajstić information content (AvgIpc) is 2.46. The normalized spacial score (nSPS) is 13.1. The summed E-state index contributed by atoms with van der Waals surface area (Å²) in [6.07, 6.45) is 0. The Morgan fingerprint density at radius 2 is 2.05 bits per heavy atom. The van der Waals surface area contributed by atoms with Crippen LogP contribution in [-0.4, -0.2) is 18.3 Å². The predicted octanol–water partition coefficient (Wildman–Crippen LogP) is 2.70. The highest BCUT2D eigenvalue weighted by Gasteiger charge is 2.19. The SMILES string of the molecule is Cc1cc(F)ccc1C(=O)c1ccc2c(c1)NC(=O)CO2. The van der Waals surface area contributed by atoms with Crippen LogP contribution < -0.4 is 10.1 Å². The van der Waals surface area contributed by atoms with Gasteiger partial charge in [0.05, 0.1) is 5.69 Å². The van der Waals surface area contributed by atoms with Gasteiger partial charge in [0.1, 0.15) is 11.6 Å². The summed E-state index contributed by atoms with van der Waals surface area (Å²) in [5.74, 6) is -0.336. The van der Waals surface area contributed by atoms with Crippen molar-refractivity contribution >= 4 is 17.4 Å². The van der Waals surface area contributed by atoms with E-state index < -0.39 is 0 Å². The smallest absolute Gasteiger partial charge is 0.262 e. The summed E-state index contributed by atoms with van der Waals surface area (Å²) in [5, 5.41) is 2.65. The average molecular weight is 285 g/mol. The minimum absolute atomic E-state index is 0.0304. The fourth-order valence-electron chi connectivity index (χ4n) is 2.26. The molecule has 2 aromatic rings. The molecule has 0 saturated carbocycles. The van der Waals surface area contributed by atoms with Gasteiger partial charge in [-0.15, -0.1) is 0 Å². The fraction of sp³-hybridized carbons (Fsp3) is 0.125. The second-order valence-electron chi connectivity index (χ2n) is 4.84. The van der Waals surface area contributed by atoms with Gasteiger partial charge in [-0.3, -0.25) is 9.59 Å². The van der Waals surface area contributed by atoms with Crippen molar-refractivity contribution in [2.24, 2.45) is 0 Å². The first-order valence-corrected chi connectivity index (χ1v) is 6.42. The minimum atomic E-state index is -0.379. The largest absolute Gasteiger partial charge is 0.482 e. The highest BCUT2D eigenvalue weighted by atomic mass is 19.1. The number of aryl methyl sites for hydroxylation is 1. The predicted molar refractivity (Wildman–Crippen MR) is 75.1 cm³/mol. The lowest BCUT2D eigenvalue weighted by Gasteiger charge is -2.18. The molecule has 0 radical (unpaired) electrons. The van der Waals surface area contributed by atoms with Crippen molar-refractivity contribution in [2.75, 3.05) is 11.9 Å². The molecule has 106 valence electrons. The zero-order valence-electron chi connectivity index (χ0n) is 11.3. The maximum Gasteiger partial charge on any atom is 0.262 e. The Morgan fingerprint density at radius 3 is 2.81 bits per heavy atom. The summed E-state index contributed by atoms with van der Waals surface area (Å²) in [5.41, 5.74) is 1.88. The Labute approximate surface area is 120 Å². The summed E-state index contributed by atoms with van der Waals surface area (Å²) < 4.78 is 18.3. The number of hydrogen-bond acceptors (Lipinski definition) is 3. The van der Waals surface area contributed by atoms with Gasteiger partial charge in [-0.1, -0.05) is 0 Å². The summed E-state index contributed by atoms with van der Waals surface area (Å²) >= 11 is 0. The molecule has 0 bridgehead atoms. The van der Waals surface area contributed by atoms with Crippen LogP contribution in [0.15, 0.2) is 36.4 Å². The molecule has 1 aliphatic rings. The van der Waals surface area contributed by atoms with E-state index in [1.807, 2.05) is 0 Å². The third-order valence-electron chi connectivity index (χ3n) is 3.31. The van der Waals surface area contributed by atoms with E-state index in [0.29, 0.717) is 28.1 Å². The van der Waals surface area contributed by atoms with Crippen LogP contribution in [0.4, 0.5) is 10.1 Å². The van der Waals surface area contributed by atoms with Gasteiger partial charge < -0.3 is 10.1 Å². The number of nitrogens with one attached hydrogen (secondary N) is 1. The first-order chi connectivity index (χ1) is 10.0. The minimum Gasteiger partial charge on any atom is -0.482 e. The molecule has 5 heteroatoms. The van der Waals surface area contributed by atoms with Gasteiger partial charge in [0.25, 0.3) is 5.91 Å². The van der Waals surface area contributed by atoms with E-state index in [0.717, 1.165) is 0 Å². The van der Waals surface area contributed by atoms with Crippen molar-refractivity contribution in [1.82, 2.24) is 0 Å². The summed E-state index contributed by atoms with van der Waals surface area (Å²) in [6, 6.07) is 8.86. The Morgan fingerprint density at radius 1 is 1.24 bits per heavy atom. The Bertz CT molecular complexity index is 755. The molecule has 0 aromatic heterocycles. The number of halogens is 1. The molecule has 2 aromatic carbocycles. The molecule has 4 nitrogen and oxygen atoms in total. The molecule has 1 amide bonds. The van der Waals surface area contributed by atoms with Crippen molar-refractivity contribution in [2.45, 2.75) is 6.92 Å². The first kappa shape index (κ1) is 13.3. The van der Waals surface area contributed by atoms with Gasteiger partial charge in [-0.25, -0.2) is 4.39 Å². The lowest BCUT2D eigenvalue weighted by atomic mass is 9.98. The van der Waals surface area contributed by atoms with Crippen molar-refractivity contribution in [3.05, 3.63) is 58.9 Å². The zero-order valence-corrected chi connectivity index (χ0v) is 11.3. The van der Waals surface area contributed by atoms with Gasteiger partial charge in [0.15, 0.2) is 12.4 Å². The van der Waals surface area contributed by atoms with Crippen molar-refractivity contribution in [1.29, 1.82) is 0 Å². The van der Waals surface area contributed by atoms with E-state index in [4.69, 9.17) is 4.74 Å². The number of hydrogen-bond donors (Lipinski definition) is 1. The number of carbonyl (C=O) groups is 2. The third-order valence-corrected chi connectivity index (χ3v) is 3.31. The lowest BCUT2D eigenvalue weighted by Crippen LogP contribution is -2.25. The number of rotatable bonds is 2. The molecule has 21 heavy (non-hydrogen) atoms. The van der Waals surface area contributed by atoms with Crippen LogP contribution in [0.2, 0.25) is 0 Å². The van der Waals surface area contributed by atoms with Gasteiger partial charge in [-0.05, 0) is 48.9 Å². The maximum absolute atomic E-state index is 13.1. The second kappa shape index (κ2) is 5.01. The Hall–Kier alpha value is -2.69. The molecule has 0 unspecified atom stereocenters. The second-order valence-corrected chi connectivity index (χ2v) is 4.84. The number of amides is 1. The fourth-order valence-corrected chi connectivity index (χ4v) is 2.26. The highest BCUT2D eigenvalue weighted by Crippen LogP contribution is 2.29. The van der Waals surface area contributed by atoms with Crippen molar-refractivity contribution in [3.63, 3.8) is 0 Å². The van der Waals surface area contributed by atoms with Crippen LogP contribution in [0, 0.1) is 12.7 Å². The van der Waals surface area contributed by atoms with Crippen molar-refractivity contribution in [3.8, 4) is 5.75 Å². The van der Waals surface area contributed by atoms with Gasteiger partial charge in [0.2, 0.25) is 0 Å². The Kier molecular flexibility index (Phi) is 3.17. The highest BCUT2D eigenvalue weighted by molar-refractivity contribution is 6.11. The number of anilines is 1. The van der Waals surface area contributed by atoms with Crippen LogP contribution in [-0.2, 0) is 4.79 Å². The number of ether oxygens (including phenoxy) is 1. The first-order valence-electron chi connectivity index (χ1n) is 6.42. The molecule has 0 aliphatic carbocycles. The molecule has 0 saturated heterocycles. The molecule has 0 spiro atoms. The molecular weight excluding hydrogens is 273 g/mol. The summed E-state index contributed by atoms with van der Waals surface area (Å²) in [6.45, 7) is 1.65. The van der Waals surface area contributed by atoms with Gasteiger partial charge in [0, 0.05) is 11.1 Å². The van der Waals surface area contributed by atoms with E-state index >= 15 is 0 Å². The molecule has 3 rings (SSSR count). The van der Waals surface area contributed by atoms with E-state index in [9.17, 15) is 14.0 Å². The summed E-state index contributed by atoms with van der Waals surface area (Å²) in [4.78, 5) is 23.8. The molecule has 1 N–H and O–H groups in total. The van der Waals surface area contributed by atoms with E-state index in [2.05, 4.69) is 5.32 Å². The molecule has 1 heterocycles. The van der Waals surface area contributed by atoms with Crippen LogP contribution in [0.5, 0.6) is 5.75 Å².